The van der Waals surface area contributed by atoms with E-state index in [9.17, 15) is 4.79 Å². The summed E-state index contributed by atoms with van der Waals surface area (Å²) in [7, 11) is 0. The number of amides is 1. The van der Waals surface area contributed by atoms with Gasteiger partial charge in [0.25, 0.3) is 5.91 Å². The first-order valence-corrected chi connectivity index (χ1v) is 7.92. The summed E-state index contributed by atoms with van der Waals surface area (Å²) in [6, 6.07) is 15.1. The minimum absolute atomic E-state index is 0.190. The molecule has 0 saturated heterocycles. The molecule has 0 saturated carbocycles. The molecule has 2 aromatic rings. The average Bonchev–Trinajstić information content (AvgIpc) is 2.56. The van der Waals surface area contributed by atoms with Crippen molar-refractivity contribution in [2.75, 3.05) is 11.9 Å². The highest BCUT2D eigenvalue weighted by Gasteiger charge is 2.16. The number of hydrogen-bond acceptors (Lipinski definition) is 3. The minimum Gasteiger partial charge on any atom is -0.494 e. The number of benzene rings is 2. The molecule has 0 heterocycles. The lowest BCUT2D eigenvalue weighted by Crippen LogP contribution is -2.30. The monoisotopic (exact) mass is 313 g/mol. The van der Waals surface area contributed by atoms with Gasteiger partial charge in [-0.15, -0.1) is 0 Å². The van der Waals surface area contributed by atoms with Gasteiger partial charge in [0.05, 0.1) is 6.61 Å². The molecule has 0 aromatic heterocycles. The van der Waals surface area contributed by atoms with E-state index in [1.807, 2.05) is 49.4 Å². The molecule has 0 aliphatic rings. The first-order chi connectivity index (χ1) is 11.1. The second kappa shape index (κ2) is 8.22. The normalized spacial score (nSPS) is 11.6. The van der Waals surface area contributed by atoms with Crippen LogP contribution in [0.3, 0.4) is 0 Å². The number of hydrogen-bond donors (Lipinski definition) is 1. The van der Waals surface area contributed by atoms with Gasteiger partial charge >= 0.3 is 0 Å². The smallest absolute Gasteiger partial charge is 0.265 e. The number of carbonyl (C=O) groups excluding carboxylic acids is 1. The molecular formula is C19H23NO3. The molecule has 1 atom stereocenters. The van der Waals surface area contributed by atoms with E-state index in [0.717, 1.165) is 23.5 Å². The number of ether oxygens (including phenoxy) is 2. The van der Waals surface area contributed by atoms with E-state index in [1.165, 1.54) is 0 Å². The first kappa shape index (κ1) is 16.9. The van der Waals surface area contributed by atoms with Gasteiger partial charge < -0.3 is 14.8 Å². The lowest BCUT2D eigenvalue weighted by Gasteiger charge is -2.17. The summed E-state index contributed by atoms with van der Waals surface area (Å²) in [5.41, 5.74) is 1.78. The van der Waals surface area contributed by atoms with Gasteiger partial charge in [0.1, 0.15) is 11.5 Å². The first-order valence-electron chi connectivity index (χ1n) is 7.92. The minimum atomic E-state index is -0.585. The molecule has 1 unspecified atom stereocenters. The zero-order chi connectivity index (χ0) is 16.7. The predicted octanol–water partition coefficient (Wildman–Crippen LogP) is 4.05. The fourth-order valence-electron chi connectivity index (χ4n) is 2.23. The van der Waals surface area contributed by atoms with E-state index < -0.39 is 6.10 Å². The van der Waals surface area contributed by atoms with Crippen LogP contribution in [0.5, 0.6) is 11.5 Å². The van der Waals surface area contributed by atoms with Crippen LogP contribution < -0.4 is 14.8 Å². The molecule has 4 heteroatoms. The van der Waals surface area contributed by atoms with Crippen LogP contribution in [0.25, 0.3) is 0 Å². The third kappa shape index (κ3) is 4.74. The topological polar surface area (TPSA) is 47.6 Å². The molecule has 4 nitrogen and oxygen atoms in total. The second-order valence-corrected chi connectivity index (χ2v) is 5.17. The number of anilines is 1. The molecule has 2 rings (SSSR count). The molecule has 1 amide bonds. The molecule has 0 radical (unpaired) electrons. The van der Waals surface area contributed by atoms with Crippen LogP contribution in [0.4, 0.5) is 5.69 Å². The SMILES string of the molecule is CCOc1cccc(NC(=O)C(C)Oc2ccccc2CC)c1. The van der Waals surface area contributed by atoms with Gasteiger partial charge in [0.2, 0.25) is 0 Å². The van der Waals surface area contributed by atoms with E-state index in [-0.39, 0.29) is 5.91 Å². The predicted molar refractivity (Wildman–Crippen MR) is 92.2 cm³/mol. The summed E-state index contributed by atoms with van der Waals surface area (Å²) in [5, 5.41) is 2.85. The standard InChI is InChI=1S/C19H23NO3/c1-4-15-9-6-7-12-18(15)23-14(3)19(21)20-16-10-8-11-17(13-16)22-5-2/h6-14H,4-5H2,1-3H3,(H,20,21). The fraction of sp³-hybridized carbons (Fsp3) is 0.316. The van der Waals surface area contributed by atoms with Gasteiger partial charge in [-0.25, -0.2) is 0 Å². The van der Waals surface area contributed by atoms with Crippen molar-refractivity contribution in [2.24, 2.45) is 0 Å². The molecular weight excluding hydrogens is 290 g/mol. The highest BCUT2D eigenvalue weighted by Crippen LogP contribution is 2.21. The third-order valence-electron chi connectivity index (χ3n) is 3.44. The van der Waals surface area contributed by atoms with Gasteiger partial charge in [-0.3, -0.25) is 4.79 Å². The van der Waals surface area contributed by atoms with Crippen molar-refractivity contribution in [3.05, 3.63) is 54.1 Å². The Hall–Kier alpha value is -2.49. The highest BCUT2D eigenvalue weighted by molar-refractivity contribution is 5.94. The van der Waals surface area contributed by atoms with Crippen molar-refractivity contribution in [1.29, 1.82) is 0 Å². The Bertz CT molecular complexity index is 655. The van der Waals surface area contributed by atoms with E-state index >= 15 is 0 Å². The van der Waals surface area contributed by atoms with Gasteiger partial charge in [-0.2, -0.15) is 0 Å². The summed E-state index contributed by atoms with van der Waals surface area (Å²) in [4.78, 5) is 12.3. The van der Waals surface area contributed by atoms with Crippen LogP contribution in [0.1, 0.15) is 26.3 Å². The van der Waals surface area contributed by atoms with Gasteiger partial charge in [0, 0.05) is 11.8 Å². The second-order valence-electron chi connectivity index (χ2n) is 5.17. The van der Waals surface area contributed by atoms with E-state index in [2.05, 4.69) is 12.2 Å². The van der Waals surface area contributed by atoms with Crippen molar-refractivity contribution in [3.63, 3.8) is 0 Å². The van der Waals surface area contributed by atoms with Crippen LogP contribution in [0.15, 0.2) is 48.5 Å². The van der Waals surface area contributed by atoms with Gasteiger partial charge in [-0.05, 0) is 44.0 Å². The number of nitrogens with one attached hydrogen (secondary N) is 1. The zero-order valence-electron chi connectivity index (χ0n) is 13.8. The highest BCUT2D eigenvalue weighted by atomic mass is 16.5. The number of aryl methyl sites for hydroxylation is 1. The van der Waals surface area contributed by atoms with Crippen LogP contribution in [-0.4, -0.2) is 18.6 Å². The van der Waals surface area contributed by atoms with Crippen molar-refractivity contribution in [3.8, 4) is 11.5 Å². The van der Waals surface area contributed by atoms with Gasteiger partial charge in [0.15, 0.2) is 6.10 Å². The fourth-order valence-corrected chi connectivity index (χ4v) is 2.23. The maximum Gasteiger partial charge on any atom is 0.265 e. The zero-order valence-corrected chi connectivity index (χ0v) is 13.8. The number of rotatable bonds is 7. The Morgan fingerprint density at radius 1 is 1.13 bits per heavy atom. The molecule has 1 N–H and O–H groups in total. The van der Waals surface area contributed by atoms with Crippen LogP contribution in [0, 0.1) is 0 Å². The quantitative estimate of drug-likeness (QED) is 0.838. The van der Waals surface area contributed by atoms with Crippen molar-refractivity contribution >= 4 is 11.6 Å². The van der Waals surface area contributed by atoms with E-state index in [1.54, 1.807) is 13.0 Å². The maximum atomic E-state index is 12.3. The molecule has 23 heavy (non-hydrogen) atoms. The van der Waals surface area contributed by atoms with E-state index in [0.29, 0.717) is 12.3 Å². The Labute approximate surface area is 137 Å². The average molecular weight is 313 g/mol. The van der Waals surface area contributed by atoms with Crippen molar-refractivity contribution in [2.45, 2.75) is 33.3 Å². The van der Waals surface area contributed by atoms with Crippen LogP contribution >= 0.6 is 0 Å². The molecule has 0 spiro atoms. The lowest BCUT2D eigenvalue weighted by molar-refractivity contribution is -0.122. The molecule has 0 fully saturated rings. The summed E-state index contributed by atoms with van der Waals surface area (Å²) < 4.78 is 11.2. The Balaban J connectivity index is 2.01. The Morgan fingerprint density at radius 3 is 2.65 bits per heavy atom. The van der Waals surface area contributed by atoms with Gasteiger partial charge in [-0.1, -0.05) is 31.2 Å². The maximum absolute atomic E-state index is 12.3. The summed E-state index contributed by atoms with van der Waals surface area (Å²) in [6.07, 6.45) is 0.277. The lowest BCUT2D eigenvalue weighted by atomic mass is 10.1. The molecule has 122 valence electrons. The summed E-state index contributed by atoms with van der Waals surface area (Å²) >= 11 is 0. The molecule has 0 aliphatic carbocycles. The Kier molecular flexibility index (Phi) is 6.03. The largest absolute Gasteiger partial charge is 0.494 e. The number of carbonyl (C=O) groups is 1. The van der Waals surface area contributed by atoms with Crippen molar-refractivity contribution in [1.82, 2.24) is 0 Å². The third-order valence-corrected chi connectivity index (χ3v) is 3.44. The van der Waals surface area contributed by atoms with Crippen LogP contribution in [0.2, 0.25) is 0 Å². The van der Waals surface area contributed by atoms with Crippen molar-refractivity contribution < 1.29 is 14.3 Å². The molecule has 0 aliphatic heterocycles. The summed E-state index contributed by atoms with van der Waals surface area (Å²) in [5.74, 6) is 1.29. The van der Waals surface area contributed by atoms with E-state index in [4.69, 9.17) is 9.47 Å². The van der Waals surface area contributed by atoms with Crippen LogP contribution in [-0.2, 0) is 11.2 Å². The number of para-hydroxylation sites is 1. The Morgan fingerprint density at radius 2 is 1.91 bits per heavy atom. The summed E-state index contributed by atoms with van der Waals surface area (Å²) in [6.45, 7) is 6.32. The molecule has 0 bridgehead atoms. The molecule has 2 aromatic carbocycles.